The number of H-pyrrole nitrogens is 1. The first-order valence-corrected chi connectivity index (χ1v) is 9.73. The topological polar surface area (TPSA) is 82.2 Å². The van der Waals surface area contributed by atoms with Crippen LogP contribution in [0.25, 0.3) is 22.0 Å². The van der Waals surface area contributed by atoms with Crippen molar-refractivity contribution < 1.29 is 32.3 Å². The van der Waals surface area contributed by atoms with Crippen LogP contribution in [0.4, 0.5) is 17.6 Å². The minimum absolute atomic E-state index is 0.00399. The van der Waals surface area contributed by atoms with Crippen molar-refractivity contribution in [2.45, 2.75) is 12.7 Å². The molecule has 0 unspecified atom stereocenters. The Morgan fingerprint density at radius 3 is 2.39 bits per heavy atom. The number of carboxylic acid groups (broad SMARTS) is 1. The van der Waals surface area contributed by atoms with Crippen molar-refractivity contribution in [3.63, 3.8) is 0 Å². The maximum atomic E-state index is 14.9. The molecule has 1 aromatic heterocycles. The van der Waals surface area contributed by atoms with E-state index in [0.29, 0.717) is 16.5 Å². The summed E-state index contributed by atoms with van der Waals surface area (Å²) >= 11 is 0. The lowest BCUT2D eigenvalue weighted by atomic mass is 9.99. The molecule has 9 heteroatoms. The lowest BCUT2D eigenvalue weighted by Gasteiger charge is -2.11. The number of amides is 1. The molecule has 3 N–H and O–H groups in total. The van der Waals surface area contributed by atoms with Gasteiger partial charge in [-0.15, -0.1) is 0 Å². The van der Waals surface area contributed by atoms with E-state index in [1.807, 2.05) is 0 Å². The van der Waals surface area contributed by atoms with E-state index in [-0.39, 0.29) is 28.9 Å². The van der Waals surface area contributed by atoms with Gasteiger partial charge in [-0.1, -0.05) is 30.3 Å². The van der Waals surface area contributed by atoms with E-state index < -0.39 is 29.4 Å². The summed E-state index contributed by atoms with van der Waals surface area (Å²) in [7, 11) is 0. The monoisotopic (exact) mass is 456 g/mol. The zero-order valence-corrected chi connectivity index (χ0v) is 16.8. The zero-order valence-electron chi connectivity index (χ0n) is 16.8. The Morgan fingerprint density at radius 2 is 1.70 bits per heavy atom. The van der Waals surface area contributed by atoms with E-state index in [1.54, 1.807) is 18.2 Å². The van der Waals surface area contributed by atoms with Crippen molar-refractivity contribution in [3.05, 3.63) is 94.9 Å². The summed E-state index contributed by atoms with van der Waals surface area (Å²) < 4.78 is 53.4. The molecule has 168 valence electrons. The molecule has 3 aromatic carbocycles. The summed E-state index contributed by atoms with van der Waals surface area (Å²) in [6.07, 6.45) is -4.49. The number of carbonyl (C=O) groups is 2. The molecule has 0 saturated carbocycles. The number of aromatic amines is 1. The number of aromatic nitrogens is 1. The van der Waals surface area contributed by atoms with Gasteiger partial charge in [0.2, 0.25) is 0 Å². The van der Waals surface area contributed by atoms with E-state index in [9.17, 15) is 32.3 Å². The van der Waals surface area contributed by atoms with Gasteiger partial charge in [-0.2, -0.15) is 13.2 Å². The van der Waals surface area contributed by atoms with Crippen molar-refractivity contribution in [2.24, 2.45) is 0 Å². The van der Waals surface area contributed by atoms with Gasteiger partial charge in [0, 0.05) is 28.6 Å². The standard InChI is InChI=1S/C24H16F4N2O3/c25-19-10-14(22(31)29-12-13-3-1-4-15(9-13)24(26,27)28)7-8-17(19)16-5-2-6-20-18(16)11-21(30-20)23(32)33/h1-11,30H,12H2,(H,29,31)(H,32,33). The highest BCUT2D eigenvalue weighted by Crippen LogP contribution is 2.32. The second-order valence-corrected chi connectivity index (χ2v) is 7.33. The number of carboxylic acids is 1. The van der Waals surface area contributed by atoms with E-state index in [0.717, 1.165) is 18.2 Å². The van der Waals surface area contributed by atoms with Gasteiger partial charge in [-0.3, -0.25) is 4.79 Å². The van der Waals surface area contributed by atoms with Crippen LogP contribution in [0.2, 0.25) is 0 Å². The summed E-state index contributed by atoms with van der Waals surface area (Å²) in [5, 5.41) is 12.2. The molecule has 0 spiro atoms. The first-order chi connectivity index (χ1) is 15.6. The van der Waals surface area contributed by atoms with E-state index in [2.05, 4.69) is 10.3 Å². The number of hydrogen-bond donors (Lipinski definition) is 3. The van der Waals surface area contributed by atoms with Crippen LogP contribution in [0.1, 0.15) is 32.0 Å². The van der Waals surface area contributed by atoms with E-state index in [4.69, 9.17) is 0 Å². The summed E-state index contributed by atoms with van der Waals surface area (Å²) in [5.41, 5.74) is 0.528. The molecule has 1 heterocycles. The molecule has 0 bridgehead atoms. The highest BCUT2D eigenvalue weighted by atomic mass is 19.4. The fraction of sp³-hybridized carbons (Fsp3) is 0.0833. The number of benzene rings is 3. The van der Waals surface area contributed by atoms with E-state index >= 15 is 0 Å². The summed E-state index contributed by atoms with van der Waals surface area (Å²) in [6.45, 7) is -0.160. The molecule has 0 aliphatic carbocycles. The van der Waals surface area contributed by atoms with Crippen LogP contribution in [0.3, 0.4) is 0 Å². The van der Waals surface area contributed by atoms with Gasteiger partial charge in [0.15, 0.2) is 0 Å². The highest BCUT2D eigenvalue weighted by molar-refractivity contribution is 6.01. The SMILES string of the molecule is O=C(NCc1cccc(C(F)(F)F)c1)c1ccc(-c2cccc3[nH]c(C(=O)O)cc23)c(F)c1. The molecule has 0 radical (unpaired) electrons. The lowest BCUT2D eigenvalue weighted by Crippen LogP contribution is -2.23. The van der Waals surface area contributed by atoms with Gasteiger partial charge in [-0.25, -0.2) is 9.18 Å². The van der Waals surface area contributed by atoms with E-state index in [1.165, 1.54) is 30.3 Å². The van der Waals surface area contributed by atoms with Crippen molar-refractivity contribution in [2.75, 3.05) is 0 Å². The molecule has 0 saturated heterocycles. The smallest absolute Gasteiger partial charge is 0.416 e. The first kappa shape index (κ1) is 22.1. The average molecular weight is 456 g/mol. The highest BCUT2D eigenvalue weighted by Gasteiger charge is 2.30. The molecule has 5 nitrogen and oxygen atoms in total. The third-order valence-electron chi connectivity index (χ3n) is 5.12. The number of fused-ring (bicyclic) bond motifs is 1. The summed E-state index contributed by atoms with van der Waals surface area (Å²) in [4.78, 5) is 26.4. The molecule has 0 atom stereocenters. The molecule has 33 heavy (non-hydrogen) atoms. The molecule has 0 aliphatic rings. The first-order valence-electron chi connectivity index (χ1n) is 9.73. The molecule has 4 aromatic rings. The number of nitrogens with one attached hydrogen (secondary N) is 2. The second-order valence-electron chi connectivity index (χ2n) is 7.33. The fourth-order valence-corrected chi connectivity index (χ4v) is 3.52. The Bertz CT molecular complexity index is 1380. The minimum Gasteiger partial charge on any atom is -0.477 e. The van der Waals surface area contributed by atoms with Crippen molar-refractivity contribution in [1.29, 1.82) is 0 Å². The van der Waals surface area contributed by atoms with Crippen molar-refractivity contribution >= 4 is 22.8 Å². The average Bonchev–Trinajstić information content (AvgIpc) is 3.22. The van der Waals surface area contributed by atoms with Gasteiger partial charge in [0.1, 0.15) is 11.5 Å². The number of carbonyl (C=O) groups excluding carboxylic acids is 1. The lowest BCUT2D eigenvalue weighted by molar-refractivity contribution is -0.137. The van der Waals surface area contributed by atoms with Crippen molar-refractivity contribution in [3.8, 4) is 11.1 Å². The van der Waals surface area contributed by atoms with Gasteiger partial charge < -0.3 is 15.4 Å². The number of aromatic carboxylic acids is 1. The van der Waals surface area contributed by atoms with Crippen LogP contribution in [0.15, 0.2) is 66.7 Å². The van der Waals surface area contributed by atoms with Crippen molar-refractivity contribution in [1.82, 2.24) is 10.3 Å². The van der Waals surface area contributed by atoms with Crippen LogP contribution in [0, 0.1) is 5.82 Å². The van der Waals surface area contributed by atoms with Crippen LogP contribution in [0.5, 0.6) is 0 Å². The molecule has 0 aliphatic heterocycles. The quantitative estimate of drug-likeness (QED) is 0.341. The Morgan fingerprint density at radius 1 is 0.939 bits per heavy atom. The normalized spacial score (nSPS) is 11.5. The predicted molar refractivity (Wildman–Crippen MR) is 113 cm³/mol. The maximum absolute atomic E-state index is 14.9. The number of halogens is 4. The Balaban J connectivity index is 1.55. The molecular formula is C24H16F4N2O3. The van der Waals surface area contributed by atoms with Crippen LogP contribution >= 0.6 is 0 Å². The van der Waals surface area contributed by atoms with Gasteiger partial charge in [0.25, 0.3) is 5.91 Å². The molecule has 4 rings (SSSR count). The molecular weight excluding hydrogens is 440 g/mol. The Labute approximate surface area is 184 Å². The largest absolute Gasteiger partial charge is 0.477 e. The summed E-state index contributed by atoms with van der Waals surface area (Å²) in [5.74, 6) is -2.50. The van der Waals surface area contributed by atoms with Crippen LogP contribution < -0.4 is 5.32 Å². The summed E-state index contributed by atoms with van der Waals surface area (Å²) in [6, 6.07) is 14.7. The van der Waals surface area contributed by atoms with Crippen LogP contribution in [-0.4, -0.2) is 22.0 Å². The zero-order chi connectivity index (χ0) is 23.8. The van der Waals surface area contributed by atoms with Gasteiger partial charge in [-0.05, 0) is 47.5 Å². The Hall–Kier alpha value is -4.14. The predicted octanol–water partition coefficient (Wildman–Crippen LogP) is 5.62. The molecule has 1 amide bonds. The third-order valence-corrected chi connectivity index (χ3v) is 5.12. The number of rotatable bonds is 5. The third kappa shape index (κ3) is 4.57. The van der Waals surface area contributed by atoms with Gasteiger partial charge in [0.05, 0.1) is 5.56 Å². The number of hydrogen-bond acceptors (Lipinski definition) is 2. The second kappa shape index (κ2) is 8.42. The number of alkyl halides is 3. The minimum atomic E-state index is -4.49. The Kier molecular flexibility index (Phi) is 5.63. The fourth-order valence-electron chi connectivity index (χ4n) is 3.52. The maximum Gasteiger partial charge on any atom is 0.416 e. The van der Waals surface area contributed by atoms with Gasteiger partial charge >= 0.3 is 12.1 Å². The van der Waals surface area contributed by atoms with Crippen LogP contribution in [-0.2, 0) is 12.7 Å². The molecule has 0 fully saturated rings.